The quantitative estimate of drug-likeness (QED) is 0.899. The number of benzene rings is 1. The van der Waals surface area contributed by atoms with Gasteiger partial charge in [-0.1, -0.05) is 19.1 Å². The van der Waals surface area contributed by atoms with Gasteiger partial charge in [-0.05, 0) is 12.5 Å². The van der Waals surface area contributed by atoms with Gasteiger partial charge in [0.15, 0.2) is 0 Å². The summed E-state index contributed by atoms with van der Waals surface area (Å²) in [4.78, 5) is 2.37. The van der Waals surface area contributed by atoms with Gasteiger partial charge in [-0.2, -0.15) is 5.26 Å². The van der Waals surface area contributed by atoms with Crippen molar-refractivity contribution in [3.63, 3.8) is 0 Å². The molecule has 2 N–H and O–H groups in total. The summed E-state index contributed by atoms with van der Waals surface area (Å²) in [5, 5.41) is 22.5. The van der Waals surface area contributed by atoms with E-state index in [1.54, 1.807) is 6.07 Å². The predicted molar refractivity (Wildman–Crippen MR) is 84.8 cm³/mol. The van der Waals surface area contributed by atoms with Crippen LogP contribution in [0.15, 0.2) is 18.2 Å². The lowest BCUT2D eigenvalue weighted by Gasteiger charge is -2.35. The Balaban J connectivity index is 0.00000180. The molecule has 1 aliphatic rings. The fourth-order valence-electron chi connectivity index (χ4n) is 2.59. The minimum Gasteiger partial charge on any atom is -0.506 e. The molecular weight excluding hydrogens is 297 g/mol. The van der Waals surface area contributed by atoms with Gasteiger partial charge in [-0.15, -0.1) is 24.8 Å². The molecular formula is C14H21Cl2N3O. The summed E-state index contributed by atoms with van der Waals surface area (Å²) in [5.41, 5.74) is 1.24. The van der Waals surface area contributed by atoms with E-state index in [1.807, 2.05) is 18.2 Å². The van der Waals surface area contributed by atoms with Crippen LogP contribution in [0.25, 0.3) is 0 Å². The van der Waals surface area contributed by atoms with E-state index in [0.29, 0.717) is 5.56 Å². The minimum absolute atomic E-state index is 0. The van der Waals surface area contributed by atoms with Crippen molar-refractivity contribution in [2.45, 2.75) is 19.4 Å². The van der Waals surface area contributed by atoms with E-state index < -0.39 is 0 Å². The van der Waals surface area contributed by atoms with E-state index >= 15 is 0 Å². The van der Waals surface area contributed by atoms with Gasteiger partial charge in [0.05, 0.1) is 5.56 Å². The summed E-state index contributed by atoms with van der Waals surface area (Å²) >= 11 is 0. The number of piperazine rings is 1. The van der Waals surface area contributed by atoms with Crippen molar-refractivity contribution in [2.24, 2.45) is 0 Å². The Kier molecular flexibility index (Phi) is 8.59. The van der Waals surface area contributed by atoms with E-state index in [1.165, 1.54) is 0 Å². The van der Waals surface area contributed by atoms with Gasteiger partial charge in [-0.3, -0.25) is 4.90 Å². The molecule has 1 aromatic carbocycles. The molecule has 1 heterocycles. The summed E-state index contributed by atoms with van der Waals surface area (Å²) in [6.07, 6.45) is 0.933. The maximum Gasteiger partial charge on any atom is 0.138 e. The fourth-order valence-corrected chi connectivity index (χ4v) is 2.59. The van der Waals surface area contributed by atoms with Gasteiger partial charge in [0, 0.05) is 37.8 Å². The van der Waals surface area contributed by atoms with Crippen LogP contribution in [0, 0.1) is 11.3 Å². The van der Waals surface area contributed by atoms with Crippen molar-refractivity contribution >= 4 is 24.8 Å². The molecule has 0 amide bonds. The van der Waals surface area contributed by atoms with Crippen LogP contribution in [0.3, 0.4) is 0 Å². The zero-order chi connectivity index (χ0) is 13.0. The van der Waals surface area contributed by atoms with Crippen LogP contribution in [0.1, 0.15) is 30.5 Å². The third kappa shape index (κ3) is 4.00. The first-order valence-corrected chi connectivity index (χ1v) is 6.44. The van der Waals surface area contributed by atoms with Crippen LogP contribution in [-0.4, -0.2) is 36.2 Å². The van der Waals surface area contributed by atoms with Crippen LogP contribution >= 0.6 is 24.8 Å². The number of halogens is 2. The van der Waals surface area contributed by atoms with Crippen molar-refractivity contribution in [3.8, 4) is 11.8 Å². The molecule has 1 fully saturated rings. The maximum atomic E-state index is 10.2. The highest BCUT2D eigenvalue weighted by Crippen LogP contribution is 2.33. The third-order valence-corrected chi connectivity index (χ3v) is 3.53. The van der Waals surface area contributed by atoms with Crippen LogP contribution in [0.2, 0.25) is 0 Å². The molecule has 1 atom stereocenters. The topological polar surface area (TPSA) is 59.3 Å². The highest BCUT2D eigenvalue weighted by Gasteiger charge is 2.23. The number of para-hydroxylation sites is 1. The molecule has 0 aromatic heterocycles. The molecule has 6 heteroatoms. The van der Waals surface area contributed by atoms with Crippen LogP contribution < -0.4 is 5.32 Å². The van der Waals surface area contributed by atoms with Gasteiger partial charge < -0.3 is 10.4 Å². The third-order valence-electron chi connectivity index (χ3n) is 3.53. The molecule has 20 heavy (non-hydrogen) atoms. The SMILES string of the molecule is CC[C@@H](c1cccc(C#N)c1O)N1CCNCC1.Cl.Cl. The van der Waals surface area contributed by atoms with E-state index in [-0.39, 0.29) is 36.6 Å². The number of rotatable bonds is 3. The smallest absolute Gasteiger partial charge is 0.138 e. The Morgan fingerprint density at radius 2 is 2.00 bits per heavy atom. The second kappa shape index (κ2) is 9.04. The summed E-state index contributed by atoms with van der Waals surface area (Å²) in [6.45, 7) is 6.04. The molecule has 0 unspecified atom stereocenters. The molecule has 0 bridgehead atoms. The number of nitriles is 1. The Bertz CT molecular complexity index is 456. The van der Waals surface area contributed by atoms with Crippen molar-refractivity contribution in [3.05, 3.63) is 29.3 Å². The van der Waals surface area contributed by atoms with E-state index in [4.69, 9.17) is 5.26 Å². The number of phenols is 1. The molecule has 1 aromatic rings. The molecule has 0 aliphatic carbocycles. The summed E-state index contributed by atoms with van der Waals surface area (Å²) in [7, 11) is 0. The van der Waals surface area contributed by atoms with Crippen molar-refractivity contribution < 1.29 is 5.11 Å². The molecule has 4 nitrogen and oxygen atoms in total. The second-order valence-corrected chi connectivity index (χ2v) is 4.57. The number of phenolic OH excluding ortho intramolecular Hbond substituents is 1. The Morgan fingerprint density at radius 3 is 2.55 bits per heavy atom. The lowest BCUT2D eigenvalue weighted by molar-refractivity contribution is 0.167. The van der Waals surface area contributed by atoms with E-state index in [2.05, 4.69) is 17.1 Å². The number of hydrogen-bond donors (Lipinski definition) is 2. The monoisotopic (exact) mass is 317 g/mol. The van der Waals surface area contributed by atoms with Crippen LogP contribution in [0.5, 0.6) is 5.75 Å². The number of nitrogens with zero attached hydrogens (tertiary/aromatic N) is 2. The summed E-state index contributed by atoms with van der Waals surface area (Å²) < 4.78 is 0. The highest BCUT2D eigenvalue weighted by molar-refractivity contribution is 5.85. The van der Waals surface area contributed by atoms with Gasteiger partial charge in [-0.25, -0.2) is 0 Å². The largest absolute Gasteiger partial charge is 0.506 e. The average molecular weight is 318 g/mol. The molecule has 0 saturated carbocycles. The summed E-state index contributed by atoms with van der Waals surface area (Å²) in [6, 6.07) is 7.66. The van der Waals surface area contributed by atoms with Crippen molar-refractivity contribution in [1.29, 1.82) is 5.26 Å². The van der Waals surface area contributed by atoms with E-state index in [9.17, 15) is 5.11 Å². The second-order valence-electron chi connectivity index (χ2n) is 4.57. The number of nitrogens with one attached hydrogen (secondary N) is 1. The van der Waals surface area contributed by atoms with Crippen LogP contribution in [-0.2, 0) is 0 Å². The Hall–Kier alpha value is -0.990. The van der Waals surface area contributed by atoms with Gasteiger partial charge in [0.25, 0.3) is 0 Å². The van der Waals surface area contributed by atoms with Crippen LogP contribution in [0.4, 0.5) is 0 Å². The molecule has 112 valence electrons. The van der Waals surface area contributed by atoms with E-state index in [0.717, 1.165) is 38.2 Å². The zero-order valence-electron chi connectivity index (χ0n) is 11.5. The van der Waals surface area contributed by atoms with Crippen molar-refractivity contribution in [2.75, 3.05) is 26.2 Å². The Morgan fingerprint density at radius 1 is 1.35 bits per heavy atom. The minimum atomic E-state index is 0. The fraction of sp³-hybridized carbons (Fsp3) is 0.500. The molecule has 1 aliphatic heterocycles. The number of hydrogen-bond acceptors (Lipinski definition) is 4. The van der Waals surface area contributed by atoms with Gasteiger partial charge in [0.2, 0.25) is 0 Å². The van der Waals surface area contributed by atoms with Gasteiger partial charge >= 0.3 is 0 Å². The average Bonchev–Trinajstić information content (AvgIpc) is 2.43. The molecule has 1 saturated heterocycles. The number of aromatic hydroxyl groups is 1. The molecule has 2 rings (SSSR count). The zero-order valence-corrected chi connectivity index (χ0v) is 13.1. The predicted octanol–water partition coefficient (Wildman–Crippen LogP) is 2.46. The molecule has 0 spiro atoms. The lowest BCUT2D eigenvalue weighted by Crippen LogP contribution is -2.45. The molecule has 0 radical (unpaired) electrons. The first kappa shape index (κ1) is 19.0. The first-order valence-electron chi connectivity index (χ1n) is 6.44. The Labute approximate surface area is 132 Å². The van der Waals surface area contributed by atoms with Gasteiger partial charge in [0.1, 0.15) is 11.8 Å². The standard InChI is InChI=1S/C14H19N3O.2ClH/c1-2-13(17-8-6-16-7-9-17)12-5-3-4-11(10-15)14(12)18;;/h3-5,13,16,18H,2,6-9H2,1H3;2*1H/t13-;;/m0../s1. The highest BCUT2D eigenvalue weighted by atomic mass is 35.5. The first-order chi connectivity index (χ1) is 8.77. The lowest BCUT2D eigenvalue weighted by atomic mass is 9.98. The normalized spacial score (nSPS) is 16.4. The van der Waals surface area contributed by atoms with Crippen molar-refractivity contribution in [1.82, 2.24) is 10.2 Å². The maximum absolute atomic E-state index is 10.2. The summed E-state index contributed by atoms with van der Waals surface area (Å²) in [5.74, 6) is 0.144.